The van der Waals surface area contributed by atoms with Gasteiger partial charge in [0.15, 0.2) is 0 Å². The fourth-order valence-corrected chi connectivity index (χ4v) is 2.05. The molecular weight excluding hydrogens is 283 g/mol. The van der Waals surface area contributed by atoms with Crippen molar-refractivity contribution in [1.29, 1.82) is 0 Å². The molecule has 15 heavy (non-hydrogen) atoms. The molecule has 78 valence electrons. The van der Waals surface area contributed by atoms with Gasteiger partial charge in [0.25, 0.3) is 5.56 Å². The number of aromatic nitrogens is 2. The highest BCUT2D eigenvalue weighted by atomic mass is 79.9. The Hall–Kier alpha value is -1.07. The van der Waals surface area contributed by atoms with Crippen LogP contribution in [-0.2, 0) is 0 Å². The average Bonchev–Trinajstić information content (AvgIpc) is 2.19. The van der Waals surface area contributed by atoms with Crippen molar-refractivity contribution in [3.8, 4) is 5.75 Å². The van der Waals surface area contributed by atoms with Crippen LogP contribution < -0.4 is 10.3 Å². The van der Waals surface area contributed by atoms with Crippen LogP contribution in [-0.4, -0.2) is 17.1 Å². The highest BCUT2D eigenvalue weighted by molar-refractivity contribution is 9.10. The number of fused-ring (bicyclic) bond motifs is 1. The number of halogens is 2. The monoisotopic (exact) mass is 288 g/mol. The number of hydrogen-bond donors (Lipinski definition) is 1. The number of hydrogen-bond acceptors (Lipinski definition) is 3. The molecular formula is C9H6BrClN2O2. The standard InChI is InChI=1S/C9H6BrClN2O2/c1-15-5-3-2-4-7(6(5)10)12-9(11)13-8(4)14/h2-3H,1H3,(H,12,13,14). The van der Waals surface area contributed by atoms with Gasteiger partial charge in [0, 0.05) is 0 Å². The summed E-state index contributed by atoms with van der Waals surface area (Å²) in [6.45, 7) is 0. The van der Waals surface area contributed by atoms with Crippen molar-refractivity contribution >= 4 is 38.4 Å². The lowest BCUT2D eigenvalue weighted by Crippen LogP contribution is -2.08. The van der Waals surface area contributed by atoms with Crippen molar-refractivity contribution < 1.29 is 4.74 Å². The topological polar surface area (TPSA) is 55.0 Å². The molecule has 0 amide bonds. The summed E-state index contributed by atoms with van der Waals surface area (Å²) in [4.78, 5) is 18.0. The number of nitrogens with one attached hydrogen (secondary N) is 1. The molecule has 0 bridgehead atoms. The number of H-pyrrole nitrogens is 1. The summed E-state index contributed by atoms with van der Waals surface area (Å²) in [6.07, 6.45) is 0. The lowest BCUT2D eigenvalue weighted by Gasteiger charge is -2.05. The van der Waals surface area contributed by atoms with Crippen LogP contribution in [0.2, 0.25) is 5.28 Å². The smallest absolute Gasteiger partial charge is 0.259 e. The molecule has 2 rings (SSSR count). The van der Waals surface area contributed by atoms with Crippen LogP contribution in [0.3, 0.4) is 0 Å². The Morgan fingerprint density at radius 2 is 2.27 bits per heavy atom. The number of ether oxygens (including phenoxy) is 1. The molecule has 0 fully saturated rings. The van der Waals surface area contributed by atoms with Crippen LogP contribution in [0, 0.1) is 0 Å². The summed E-state index contributed by atoms with van der Waals surface area (Å²) in [5.41, 5.74) is 0.219. The maximum absolute atomic E-state index is 11.5. The number of aromatic amines is 1. The van der Waals surface area contributed by atoms with Gasteiger partial charge in [-0.05, 0) is 39.7 Å². The number of rotatable bonds is 1. The molecule has 6 heteroatoms. The van der Waals surface area contributed by atoms with Crippen LogP contribution in [0.4, 0.5) is 0 Å². The van der Waals surface area contributed by atoms with E-state index in [2.05, 4.69) is 25.9 Å². The van der Waals surface area contributed by atoms with Crippen molar-refractivity contribution in [3.05, 3.63) is 32.2 Å². The van der Waals surface area contributed by atoms with E-state index in [0.29, 0.717) is 21.1 Å². The summed E-state index contributed by atoms with van der Waals surface area (Å²) < 4.78 is 5.71. The van der Waals surface area contributed by atoms with Gasteiger partial charge in [0.1, 0.15) is 5.75 Å². The minimum Gasteiger partial charge on any atom is -0.495 e. The van der Waals surface area contributed by atoms with E-state index < -0.39 is 0 Å². The number of methoxy groups -OCH3 is 1. The minimum atomic E-state index is -0.270. The molecule has 1 aromatic heterocycles. The van der Waals surface area contributed by atoms with Crippen molar-refractivity contribution in [2.75, 3.05) is 7.11 Å². The van der Waals surface area contributed by atoms with Crippen LogP contribution in [0.25, 0.3) is 10.9 Å². The minimum absolute atomic E-state index is 0.0569. The summed E-state index contributed by atoms with van der Waals surface area (Å²) in [5, 5.41) is 0.522. The lowest BCUT2D eigenvalue weighted by atomic mass is 10.2. The zero-order valence-electron chi connectivity index (χ0n) is 7.67. The molecule has 0 atom stereocenters. The zero-order valence-corrected chi connectivity index (χ0v) is 10.0. The molecule has 0 spiro atoms. The van der Waals surface area contributed by atoms with Crippen molar-refractivity contribution in [3.63, 3.8) is 0 Å². The highest BCUT2D eigenvalue weighted by Gasteiger charge is 2.10. The summed E-state index contributed by atoms with van der Waals surface area (Å²) in [5.74, 6) is 0.608. The number of nitrogens with zero attached hydrogens (tertiary/aromatic N) is 1. The first-order valence-corrected chi connectivity index (χ1v) is 5.22. The van der Waals surface area contributed by atoms with E-state index in [1.165, 1.54) is 0 Å². The molecule has 0 unspecified atom stereocenters. The average molecular weight is 290 g/mol. The predicted octanol–water partition coefficient (Wildman–Crippen LogP) is 2.35. The maximum Gasteiger partial charge on any atom is 0.259 e. The van der Waals surface area contributed by atoms with E-state index in [4.69, 9.17) is 16.3 Å². The van der Waals surface area contributed by atoms with Crippen LogP contribution >= 0.6 is 27.5 Å². The Labute approximate surface area is 98.4 Å². The van der Waals surface area contributed by atoms with Gasteiger partial charge in [0.2, 0.25) is 5.28 Å². The molecule has 4 nitrogen and oxygen atoms in total. The first kappa shape index (κ1) is 10.4. The lowest BCUT2D eigenvalue weighted by molar-refractivity contribution is 0.413. The summed E-state index contributed by atoms with van der Waals surface area (Å²) in [7, 11) is 1.54. The molecule has 0 saturated carbocycles. The molecule has 2 aromatic rings. The molecule has 0 radical (unpaired) electrons. The van der Waals surface area contributed by atoms with Gasteiger partial charge in [-0.2, -0.15) is 0 Å². The van der Waals surface area contributed by atoms with E-state index in [1.54, 1.807) is 19.2 Å². The Balaban J connectivity index is 2.93. The Morgan fingerprint density at radius 3 is 2.93 bits per heavy atom. The first-order valence-electron chi connectivity index (χ1n) is 4.05. The third-order valence-electron chi connectivity index (χ3n) is 1.97. The van der Waals surface area contributed by atoms with Crippen LogP contribution in [0.15, 0.2) is 21.4 Å². The number of benzene rings is 1. The van der Waals surface area contributed by atoms with Gasteiger partial charge >= 0.3 is 0 Å². The molecule has 0 aliphatic carbocycles. The molecule has 1 aromatic carbocycles. The van der Waals surface area contributed by atoms with Crippen molar-refractivity contribution in [2.45, 2.75) is 0 Å². The van der Waals surface area contributed by atoms with Crippen LogP contribution in [0.1, 0.15) is 0 Å². The molecule has 0 saturated heterocycles. The van der Waals surface area contributed by atoms with E-state index in [9.17, 15) is 4.79 Å². The van der Waals surface area contributed by atoms with Crippen molar-refractivity contribution in [2.24, 2.45) is 0 Å². The van der Waals surface area contributed by atoms with E-state index in [-0.39, 0.29) is 10.8 Å². The molecule has 1 heterocycles. The van der Waals surface area contributed by atoms with Gasteiger partial charge < -0.3 is 4.74 Å². The fourth-order valence-electron chi connectivity index (χ4n) is 1.28. The third kappa shape index (κ3) is 1.72. The quantitative estimate of drug-likeness (QED) is 0.820. The van der Waals surface area contributed by atoms with Crippen molar-refractivity contribution in [1.82, 2.24) is 9.97 Å². The molecule has 0 aliphatic rings. The summed E-state index contributed by atoms with van der Waals surface area (Å²) >= 11 is 8.97. The first-order chi connectivity index (χ1) is 7.13. The second-order valence-electron chi connectivity index (χ2n) is 2.83. The second kappa shape index (κ2) is 3.83. The zero-order chi connectivity index (χ0) is 11.0. The highest BCUT2D eigenvalue weighted by Crippen LogP contribution is 2.30. The predicted molar refractivity (Wildman–Crippen MR) is 61.6 cm³/mol. The SMILES string of the molecule is COc1ccc2c(=O)[nH]c(Cl)nc2c1Br. The van der Waals surface area contributed by atoms with Gasteiger partial charge in [-0.15, -0.1) is 0 Å². The van der Waals surface area contributed by atoms with Gasteiger partial charge in [-0.25, -0.2) is 4.98 Å². The van der Waals surface area contributed by atoms with E-state index in [0.717, 1.165) is 0 Å². The van der Waals surface area contributed by atoms with Gasteiger partial charge in [-0.3, -0.25) is 9.78 Å². The molecule has 1 N–H and O–H groups in total. The van der Waals surface area contributed by atoms with E-state index >= 15 is 0 Å². The van der Waals surface area contributed by atoms with Crippen LogP contribution in [0.5, 0.6) is 5.75 Å². The third-order valence-corrected chi connectivity index (χ3v) is 2.92. The normalized spacial score (nSPS) is 10.6. The molecule has 0 aliphatic heterocycles. The van der Waals surface area contributed by atoms with Gasteiger partial charge in [-0.1, -0.05) is 0 Å². The Kier molecular flexibility index (Phi) is 2.67. The van der Waals surface area contributed by atoms with E-state index in [1.807, 2.05) is 0 Å². The Bertz CT molecular complexity index is 582. The second-order valence-corrected chi connectivity index (χ2v) is 3.99. The van der Waals surface area contributed by atoms with Gasteiger partial charge in [0.05, 0.1) is 22.5 Å². The fraction of sp³-hybridized carbons (Fsp3) is 0.111. The summed E-state index contributed by atoms with van der Waals surface area (Å²) in [6, 6.07) is 3.33. The Morgan fingerprint density at radius 1 is 1.53 bits per heavy atom. The largest absolute Gasteiger partial charge is 0.495 e. The maximum atomic E-state index is 11.5.